The number of piperidine rings is 1. The summed E-state index contributed by atoms with van der Waals surface area (Å²) in [5.74, 6) is 2.97. The molecule has 26 heavy (non-hydrogen) atoms. The third-order valence-corrected chi connectivity index (χ3v) is 7.94. The monoisotopic (exact) mass is 359 g/mol. The van der Waals surface area contributed by atoms with E-state index in [0.29, 0.717) is 0 Å². The predicted octanol–water partition coefficient (Wildman–Crippen LogP) is 3.00. The van der Waals surface area contributed by atoms with E-state index in [1.165, 1.54) is 38.5 Å². The Hall–Kier alpha value is -1.26. The van der Waals surface area contributed by atoms with Gasteiger partial charge in [-0.15, -0.1) is 0 Å². The standard InChI is InChI=1S/C21H33N3O2/c25-19(22-21-12-15-9-16(13-21)11-17(10-15)14-21)18-3-7-24(8-4-18)20(26)23-5-1-2-6-23/h15-18H,1-14H2,(H,22,25). The summed E-state index contributed by atoms with van der Waals surface area (Å²) in [5.41, 5.74) is 0.119. The van der Waals surface area contributed by atoms with Crippen molar-refractivity contribution >= 4 is 11.9 Å². The molecule has 4 bridgehead atoms. The topological polar surface area (TPSA) is 52.7 Å². The molecule has 2 heterocycles. The van der Waals surface area contributed by atoms with Crippen LogP contribution in [0.5, 0.6) is 0 Å². The highest BCUT2D eigenvalue weighted by Crippen LogP contribution is 2.55. The Morgan fingerprint density at radius 3 is 1.81 bits per heavy atom. The van der Waals surface area contributed by atoms with Crippen LogP contribution in [0.15, 0.2) is 0 Å². The smallest absolute Gasteiger partial charge is 0.319 e. The van der Waals surface area contributed by atoms with Crippen LogP contribution in [0.25, 0.3) is 0 Å². The summed E-state index contributed by atoms with van der Waals surface area (Å²) < 4.78 is 0. The number of carbonyl (C=O) groups excluding carboxylic acids is 2. The molecule has 4 saturated carbocycles. The molecule has 0 aromatic carbocycles. The number of amides is 3. The first-order chi connectivity index (χ1) is 12.6. The molecule has 3 amide bonds. The molecule has 0 spiro atoms. The van der Waals surface area contributed by atoms with Crippen molar-refractivity contribution in [2.75, 3.05) is 26.2 Å². The molecule has 0 aromatic heterocycles. The summed E-state index contributed by atoms with van der Waals surface area (Å²) in [6.45, 7) is 3.30. The van der Waals surface area contributed by atoms with Crippen molar-refractivity contribution in [3.05, 3.63) is 0 Å². The molecule has 0 atom stereocenters. The van der Waals surface area contributed by atoms with E-state index in [2.05, 4.69) is 5.32 Å². The van der Waals surface area contributed by atoms with Gasteiger partial charge in [-0.3, -0.25) is 4.79 Å². The summed E-state index contributed by atoms with van der Waals surface area (Å²) in [4.78, 5) is 29.5. The molecule has 0 aromatic rings. The molecule has 2 saturated heterocycles. The third-order valence-electron chi connectivity index (χ3n) is 7.94. The number of likely N-dealkylation sites (tertiary alicyclic amines) is 2. The molecule has 6 fully saturated rings. The van der Waals surface area contributed by atoms with Crippen LogP contribution < -0.4 is 5.32 Å². The first kappa shape index (κ1) is 16.9. The van der Waals surface area contributed by atoms with Crippen LogP contribution in [-0.4, -0.2) is 53.5 Å². The highest BCUT2D eigenvalue weighted by Gasteiger charge is 2.51. The van der Waals surface area contributed by atoms with E-state index in [-0.39, 0.29) is 23.4 Å². The van der Waals surface area contributed by atoms with E-state index in [1.807, 2.05) is 9.80 Å². The van der Waals surface area contributed by atoms with Crippen LogP contribution in [0.1, 0.15) is 64.2 Å². The number of hydrogen-bond donors (Lipinski definition) is 1. The van der Waals surface area contributed by atoms with Crippen LogP contribution in [0.3, 0.4) is 0 Å². The summed E-state index contributed by atoms with van der Waals surface area (Å²) in [7, 11) is 0. The van der Waals surface area contributed by atoms with Gasteiger partial charge in [-0.2, -0.15) is 0 Å². The van der Waals surface area contributed by atoms with E-state index in [4.69, 9.17) is 0 Å². The van der Waals surface area contributed by atoms with Gasteiger partial charge in [0.25, 0.3) is 0 Å². The maximum absolute atomic E-state index is 13.0. The van der Waals surface area contributed by atoms with E-state index < -0.39 is 0 Å². The van der Waals surface area contributed by atoms with Crippen LogP contribution in [0.4, 0.5) is 4.79 Å². The summed E-state index contributed by atoms with van der Waals surface area (Å²) in [5, 5.41) is 3.54. The van der Waals surface area contributed by atoms with Crippen molar-refractivity contribution in [2.24, 2.45) is 23.7 Å². The SMILES string of the molecule is O=C(NC12CC3CC(CC(C3)C1)C2)C1CCN(C(=O)N2CCCC2)CC1. The lowest BCUT2D eigenvalue weighted by Gasteiger charge is -2.57. The lowest BCUT2D eigenvalue weighted by atomic mass is 9.53. The second-order valence-corrected chi connectivity index (χ2v) is 9.93. The molecular formula is C21H33N3O2. The minimum absolute atomic E-state index is 0.102. The Morgan fingerprint density at radius 1 is 0.769 bits per heavy atom. The largest absolute Gasteiger partial charge is 0.350 e. The zero-order chi connectivity index (χ0) is 17.7. The fourth-order valence-electron chi connectivity index (χ4n) is 7.07. The van der Waals surface area contributed by atoms with Gasteiger partial charge in [0.1, 0.15) is 0 Å². The van der Waals surface area contributed by atoms with Gasteiger partial charge in [-0.1, -0.05) is 0 Å². The number of hydrogen-bond acceptors (Lipinski definition) is 2. The second kappa shape index (κ2) is 6.42. The van der Waals surface area contributed by atoms with Crippen LogP contribution in [0.2, 0.25) is 0 Å². The van der Waals surface area contributed by atoms with Gasteiger partial charge in [0, 0.05) is 37.6 Å². The number of rotatable bonds is 2. The Kier molecular flexibility index (Phi) is 4.17. The molecule has 6 aliphatic rings. The highest BCUT2D eigenvalue weighted by molar-refractivity contribution is 5.80. The van der Waals surface area contributed by atoms with Gasteiger partial charge in [-0.25, -0.2) is 4.79 Å². The Morgan fingerprint density at radius 2 is 1.27 bits per heavy atom. The number of urea groups is 1. The van der Waals surface area contributed by atoms with Gasteiger partial charge in [0.15, 0.2) is 0 Å². The van der Waals surface area contributed by atoms with Gasteiger partial charge in [-0.05, 0) is 82.0 Å². The molecule has 4 aliphatic carbocycles. The van der Waals surface area contributed by atoms with E-state index in [0.717, 1.165) is 69.6 Å². The Bertz CT molecular complexity index is 541. The normalized spacial score (nSPS) is 39.5. The van der Waals surface area contributed by atoms with Crippen molar-refractivity contribution < 1.29 is 9.59 Å². The van der Waals surface area contributed by atoms with Crippen molar-refractivity contribution in [1.82, 2.24) is 15.1 Å². The predicted molar refractivity (Wildman–Crippen MR) is 99.5 cm³/mol. The van der Waals surface area contributed by atoms with Gasteiger partial charge in [0.05, 0.1) is 0 Å². The molecule has 1 N–H and O–H groups in total. The highest BCUT2D eigenvalue weighted by atomic mass is 16.2. The van der Waals surface area contributed by atoms with Crippen LogP contribution in [-0.2, 0) is 4.79 Å². The first-order valence-corrected chi connectivity index (χ1v) is 11.0. The molecule has 5 heteroatoms. The van der Waals surface area contributed by atoms with E-state index >= 15 is 0 Å². The zero-order valence-electron chi connectivity index (χ0n) is 15.9. The summed E-state index contributed by atoms with van der Waals surface area (Å²) in [6, 6.07) is 0.197. The maximum atomic E-state index is 13.0. The van der Waals surface area contributed by atoms with Crippen molar-refractivity contribution in [3.63, 3.8) is 0 Å². The summed E-state index contributed by atoms with van der Waals surface area (Å²) >= 11 is 0. The minimum atomic E-state index is 0.102. The second-order valence-electron chi connectivity index (χ2n) is 9.93. The minimum Gasteiger partial charge on any atom is -0.350 e. The van der Waals surface area contributed by atoms with Gasteiger partial charge >= 0.3 is 6.03 Å². The van der Waals surface area contributed by atoms with E-state index in [1.54, 1.807) is 0 Å². The lowest BCUT2D eigenvalue weighted by molar-refractivity contribution is -0.132. The summed E-state index contributed by atoms with van der Waals surface area (Å²) in [6.07, 6.45) is 11.8. The zero-order valence-corrected chi connectivity index (χ0v) is 15.9. The molecule has 6 rings (SSSR count). The first-order valence-electron chi connectivity index (χ1n) is 11.0. The van der Waals surface area contributed by atoms with E-state index in [9.17, 15) is 9.59 Å². The molecular weight excluding hydrogens is 326 g/mol. The number of carbonyl (C=O) groups is 2. The van der Waals surface area contributed by atoms with Crippen molar-refractivity contribution in [1.29, 1.82) is 0 Å². The quantitative estimate of drug-likeness (QED) is 0.824. The van der Waals surface area contributed by atoms with Crippen molar-refractivity contribution in [3.8, 4) is 0 Å². The number of nitrogens with zero attached hydrogens (tertiary/aromatic N) is 2. The molecule has 144 valence electrons. The van der Waals surface area contributed by atoms with Gasteiger partial charge in [0.2, 0.25) is 5.91 Å². The Labute approximate surface area is 156 Å². The fraction of sp³-hybridized carbons (Fsp3) is 0.905. The Balaban J connectivity index is 1.16. The fourth-order valence-corrected chi connectivity index (χ4v) is 7.07. The maximum Gasteiger partial charge on any atom is 0.319 e. The average molecular weight is 360 g/mol. The molecule has 0 radical (unpaired) electrons. The van der Waals surface area contributed by atoms with Gasteiger partial charge < -0.3 is 15.1 Å². The lowest BCUT2D eigenvalue weighted by Crippen LogP contribution is -2.61. The van der Waals surface area contributed by atoms with Crippen LogP contribution >= 0.6 is 0 Å². The number of nitrogens with one attached hydrogen (secondary N) is 1. The molecule has 5 nitrogen and oxygen atoms in total. The van der Waals surface area contributed by atoms with Crippen LogP contribution in [0, 0.1) is 23.7 Å². The third kappa shape index (κ3) is 3.01. The van der Waals surface area contributed by atoms with Crippen molar-refractivity contribution in [2.45, 2.75) is 69.7 Å². The molecule has 2 aliphatic heterocycles. The molecule has 0 unspecified atom stereocenters. The average Bonchev–Trinajstić information content (AvgIpc) is 3.14.